The highest BCUT2D eigenvalue weighted by Crippen LogP contribution is 2.49. The molecule has 0 atom stereocenters. The van der Waals surface area contributed by atoms with E-state index >= 15 is 0 Å². The molecule has 0 heterocycles. The van der Waals surface area contributed by atoms with E-state index in [9.17, 15) is 14.7 Å². The van der Waals surface area contributed by atoms with E-state index in [2.05, 4.69) is 0 Å². The lowest BCUT2D eigenvalue weighted by atomic mass is 9.81. The van der Waals surface area contributed by atoms with E-state index in [-0.39, 0.29) is 16.6 Å². The fourth-order valence-corrected chi connectivity index (χ4v) is 4.41. The molecular formula is C22H9O3. The van der Waals surface area contributed by atoms with E-state index in [1.54, 1.807) is 54.6 Å². The standard InChI is InChI=1S/C22H9O3/c23-20-10-4-1-5-11-16(10)19-17-12(20)6-2-8-14(17)22(25)15-9-3-7-13(18(15)19)21(11)24/h1-9H. The molecule has 3 nitrogen and oxygen atoms in total. The van der Waals surface area contributed by atoms with E-state index < -0.39 is 0 Å². The third-order valence-corrected chi connectivity index (χ3v) is 5.41. The van der Waals surface area contributed by atoms with Crippen LogP contribution in [0.4, 0.5) is 0 Å². The van der Waals surface area contributed by atoms with Gasteiger partial charge in [-0.05, 0) is 0 Å². The first-order valence-electron chi connectivity index (χ1n) is 8.09. The van der Waals surface area contributed by atoms with Crippen molar-refractivity contribution >= 4 is 43.1 Å². The van der Waals surface area contributed by atoms with Crippen LogP contribution in [0.2, 0.25) is 0 Å². The minimum atomic E-state index is -0.124. The number of hydrogen-bond acceptors (Lipinski definition) is 2. The summed E-state index contributed by atoms with van der Waals surface area (Å²) in [5.41, 5.74) is 1.30. The summed E-state index contributed by atoms with van der Waals surface area (Å²) < 4.78 is 0. The van der Waals surface area contributed by atoms with Gasteiger partial charge in [-0.1, -0.05) is 54.6 Å². The Morgan fingerprint density at radius 3 is 1.36 bits per heavy atom. The van der Waals surface area contributed by atoms with Crippen LogP contribution in [0.3, 0.4) is 0 Å². The maximum atomic E-state index is 13.0. The van der Waals surface area contributed by atoms with Crippen molar-refractivity contribution in [1.29, 1.82) is 0 Å². The summed E-state index contributed by atoms with van der Waals surface area (Å²) in [5, 5.41) is 17.6. The summed E-state index contributed by atoms with van der Waals surface area (Å²) in [6.07, 6.45) is 0. The molecule has 3 heteroatoms. The van der Waals surface area contributed by atoms with Gasteiger partial charge in [-0.2, -0.15) is 0 Å². The van der Waals surface area contributed by atoms with Crippen molar-refractivity contribution in [2.45, 2.75) is 0 Å². The molecule has 25 heavy (non-hydrogen) atoms. The molecule has 0 N–H and O–H groups in total. The summed E-state index contributed by atoms with van der Waals surface area (Å²) in [5.74, 6) is -0.124. The molecule has 0 saturated heterocycles. The molecule has 0 fully saturated rings. The van der Waals surface area contributed by atoms with Gasteiger partial charge in [0.1, 0.15) is 0 Å². The Bertz CT molecular complexity index is 1420. The average Bonchev–Trinajstić information content (AvgIpc) is 2.65. The van der Waals surface area contributed by atoms with Gasteiger partial charge in [-0.15, -0.1) is 0 Å². The van der Waals surface area contributed by atoms with E-state index in [0.717, 1.165) is 5.56 Å². The molecule has 6 rings (SSSR count). The van der Waals surface area contributed by atoms with Crippen LogP contribution in [0, 0.1) is 0 Å². The summed E-state index contributed by atoms with van der Waals surface area (Å²) in [6.45, 7) is 0. The molecule has 0 unspecified atom stereocenters. The molecule has 115 valence electrons. The maximum Gasteiger partial charge on any atom is 0.194 e. The average molecular weight is 321 g/mol. The van der Waals surface area contributed by atoms with Crippen molar-refractivity contribution in [3.8, 4) is 16.9 Å². The minimum Gasteiger partial charge on any atom is -0.289 e. The Labute approximate surface area is 140 Å². The van der Waals surface area contributed by atoms with Gasteiger partial charge in [0.25, 0.3) is 0 Å². The molecule has 0 spiro atoms. The minimum absolute atomic E-state index is 0.124. The van der Waals surface area contributed by atoms with Gasteiger partial charge in [-0.25, -0.2) is 0 Å². The van der Waals surface area contributed by atoms with Gasteiger partial charge in [0.2, 0.25) is 0 Å². The van der Waals surface area contributed by atoms with Crippen LogP contribution in [-0.2, 0) is 5.11 Å². The molecule has 4 aromatic rings. The Balaban J connectivity index is 2.23. The highest BCUT2D eigenvalue weighted by atomic mass is 16.3. The predicted octanol–water partition coefficient (Wildman–Crippen LogP) is 4.58. The van der Waals surface area contributed by atoms with Crippen molar-refractivity contribution in [2.75, 3.05) is 0 Å². The fraction of sp³-hybridized carbons (Fsp3) is 0. The van der Waals surface area contributed by atoms with Gasteiger partial charge in [0, 0.05) is 54.2 Å². The molecule has 0 aromatic heterocycles. The summed E-state index contributed by atoms with van der Waals surface area (Å²) in [7, 11) is 0. The van der Waals surface area contributed by atoms with Gasteiger partial charge in [-0.3, -0.25) is 14.7 Å². The molecule has 2 aliphatic rings. The molecule has 2 aliphatic carbocycles. The third-order valence-electron chi connectivity index (χ3n) is 5.41. The summed E-state index contributed by atoms with van der Waals surface area (Å²) in [6, 6.07) is 15.8. The largest absolute Gasteiger partial charge is 0.289 e. The Kier molecular flexibility index (Phi) is 2.04. The smallest absolute Gasteiger partial charge is 0.194 e. The molecule has 0 amide bonds. The lowest BCUT2D eigenvalue weighted by Gasteiger charge is -2.20. The monoisotopic (exact) mass is 321 g/mol. The van der Waals surface area contributed by atoms with Crippen LogP contribution >= 0.6 is 0 Å². The Morgan fingerprint density at radius 1 is 0.480 bits per heavy atom. The van der Waals surface area contributed by atoms with Crippen molar-refractivity contribution < 1.29 is 5.11 Å². The van der Waals surface area contributed by atoms with Crippen LogP contribution in [-0.4, -0.2) is 0 Å². The lowest BCUT2D eigenvalue weighted by molar-refractivity contribution is 0.365. The molecule has 0 bridgehead atoms. The highest BCUT2D eigenvalue weighted by molar-refractivity contribution is 6.31. The molecule has 4 aromatic carbocycles. The van der Waals surface area contributed by atoms with Gasteiger partial charge >= 0.3 is 0 Å². The highest BCUT2D eigenvalue weighted by Gasteiger charge is 2.27. The molecular weight excluding hydrogens is 312 g/mol. The van der Waals surface area contributed by atoms with Crippen molar-refractivity contribution in [1.82, 2.24) is 0 Å². The van der Waals surface area contributed by atoms with Crippen LogP contribution in [0.25, 0.3) is 54.2 Å². The van der Waals surface area contributed by atoms with E-state index in [1.807, 2.05) is 0 Å². The van der Waals surface area contributed by atoms with Crippen LogP contribution in [0.15, 0.2) is 64.2 Å². The van der Waals surface area contributed by atoms with E-state index in [0.29, 0.717) is 48.7 Å². The van der Waals surface area contributed by atoms with Crippen LogP contribution in [0.1, 0.15) is 0 Å². The van der Waals surface area contributed by atoms with Gasteiger partial charge in [0.15, 0.2) is 16.6 Å². The normalized spacial score (nSPS) is 12.5. The predicted molar refractivity (Wildman–Crippen MR) is 99.3 cm³/mol. The zero-order valence-corrected chi connectivity index (χ0v) is 12.9. The van der Waals surface area contributed by atoms with Crippen molar-refractivity contribution in [2.24, 2.45) is 0 Å². The molecule has 0 aliphatic heterocycles. The number of hydrogen-bond donors (Lipinski definition) is 0. The van der Waals surface area contributed by atoms with E-state index in [4.69, 9.17) is 0 Å². The topological polar surface area (TPSA) is 54.0 Å². The number of benzene rings is 6. The second-order valence-electron chi connectivity index (χ2n) is 6.55. The fourth-order valence-electron chi connectivity index (χ4n) is 4.41. The van der Waals surface area contributed by atoms with Gasteiger partial charge in [0.05, 0.1) is 0 Å². The third kappa shape index (κ3) is 1.27. The Hall–Kier alpha value is -3.46. The summed E-state index contributed by atoms with van der Waals surface area (Å²) >= 11 is 0. The van der Waals surface area contributed by atoms with Crippen molar-refractivity contribution in [3.05, 3.63) is 75.0 Å². The zero-order chi connectivity index (χ0) is 16.9. The quantitative estimate of drug-likeness (QED) is 0.304. The second kappa shape index (κ2) is 3.95. The lowest BCUT2D eigenvalue weighted by Crippen LogP contribution is -2.13. The summed E-state index contributed by atoms with van der Waals surface area (Å²) in [4.78, 5) is 26.0. The molecule has 0 saturated carbocycles. The first kappa shape index (κ1) is 12.9. The van der Waals surface area contributed by atoms with Crippen molar-refractivity contribution in [3.63, 3.8) is 0 Å². The SMILES string of the molecule is [O]c1c2cccc3c(=O)c4cccc5c4-c(c23)c2c1cccc2c5=O. The second-order valence-corrected chi connectivity index (χ2v) is 6.55. The van der Waals surface area contributed by atoms with E-state index in [1.165, 1.54) is 0 Å². The maximum absolute atomic E-state index is 13.0. The zero-order valence-electron chi connectivity index (χ0n) is 12.9. The first-order valence-corrected chi connectivity index (χ1v) is 8.09. The first-order chi connectivity index (χ1) is 12.2. The Morgan fingerprint density at radius 2 is 0.880 bits per heavy atom. The van der Waals surface area contributed by atoms with Gasteiger partial charge < -0.3 is 0 Å². The number of rotatable bonds is 0. The van der Waals surface area contributed by atoms with Crippen LogP contribution < -0.4 is 10.9 Å². The molecule has 1 radical (unpaired) electrons. The van der Waals surface area contributed by atoms with Crippen LogP contribution in [0.5, 0.6) is 5.75 Å².